The molecule has 3 aliphatic heterocycles. The standard InChI is InChI=1S/C16H24BNO3S/c1-15(2)16(3,4)21-17(20-15)11-7-8-13-12(10-11)14-6-5-9-22(14,19)18-13/h7-8,10,14,22H,5-6,9H2,1-4H3,(H,18,19). The van der Waals surface area contributed by atoms with E-state index in [2.05, 4.69) is 38.5 Å². The molecule has 0 bridgehead atoms. The molecule has 3 aliphatic rings. The summed E-state index contributed by atoms with van der Waals surface area (Å²) in [6.45, 7) is 8.25. The van der Waals surface area contributed by atoms with Gasteiger partial charge in [0.1, 0.15) is 0 Å². The van der Waals surface area contributed by atoms with Gasteiger partial charge in [-0.2, -0.15) is 0 Å². The van der Waals surface area contributed by atoms with Crippen LogP contribution in [0.3, 0.4) is 0 Å². The van der Waals surface area contributed by atoms with E-state index in [-0.39, 0.29) is 23.6 Å². The molecular weight excluding hydrogens is 297 g/mol. The molecule has 1 atom stereocenters. The van der Waals surface area contributed by atoms with Crippen LogP contribution in [0.2, 0.25) is 0 Å². The minimum Gasteiger partial charge on any atom is -0.399 e. The molecule has 0 spiro atoms. The van der Waals surface area contributed by atoms with Crippen molar-refractivity contribution in [1.82, 2.24) is 0 Å². The first-order chi connectivity index (χ1) is 10.2. The molecule has 6 heteroatoms. The van der Waals surface area contributed by atoms with Gasteiger partial charge in [0.2, 0.25) is 0 Å². The summed E-state index contributed by atoms with van der Waals surface area (Å²) < 4.78 is 28.5. The van der Waals surface area contributed by atoms with Crippen LogP contribution in [0.5, 0.6) is 0 Å². The van der Waals surface area contributed by atoms with Crippen molar-refractivity contribution >= 4 is 28.4 Å². The maximum atomic E-state index is 12.9. The SMILES string of the molecule is CC1(C)OB(c2ccc3c(c2)C2CCC[SH]2(=O)N3)OC1(C)C. The highest BCUT2D eigenvalue weighted by atomic mass is 32.3. The van der Waals surface area contributed by atoms with Gasteiger partial charge < -0.3 is 14.0 Å². The molecule has 1 aromatic rings. The summed E-state index contributed by atoms with van der Waals surface area (Å²) in [7, 11) is -2.60. The Kier molecular flexibility index (Phi) is 2.92. The topological polar surface area (TPSA) is 47.6 Å². The summed E-state index contributed by atoms with van der Waals surface area (Å²) in [5.41, 5.74) is 2.58. The van der Waals surface area contributed by atoms with Crippen molar-refractivity contribution in [2.75, 3.05) is 10.5 Å². The number of anilines is 1. The van der Waals surface area contributed by atoms with Crippen LogP contribution in [0.15, 0.2) is 18.2 Å². The molecule has 2 saturated heterocycles. The van der Waals surface area contributed by atoms with E-state index in [1.807, 2.05) is 12.1 Å². The lowest BCUT2D eigenvalue weighted by Gasteiger charge is -2.32. The quantitative estimate of drug-likeness (QED) is 0.616. The molecule has 0 aromatic heterocycles. The predicted molar refractivity (Wildman–Crippen MR) is 92.2 cm³/mol. The zero-order valence-corrected chi connectivity index (χ0v) is 14.6. The summed E-state index contributed by atoms with van der Waals surface area (Å²) in [5.74, 6) is 0.818. The lowest BCUT2D eigenvalue weighted by Crippen LogP contribution is -2.41. The van der Waals surface area contributed by atoms with E-state index >= 15 is 0 Å². The van der Waals surface area contributed by atoms with Crippen LogP contribution in [-0.4, -0.2) is 28.3 Å². The molecule has 0 saturated carbocycles. The normalized spacial score (nSPS) is 31.5. The van der Waals surface area contributed by atoms with E-state index in [4.69, 9.17) is 9.31 Å². The van der Waals surface area contributed by atoms with Crippen LogP contribution in [0.4, 0.5) is 5.69 Å². The average molecular weight is 321 g/mol. The van der Waals surface area contributed by atoms with E-state index in [1.165, 1.54) is 5.56 Å². The minimum absolute atomic E-state index is 0.185. The maximum Gasteiger partial charge on any atom is 0.494 e. The average Bonchev–Trinajstić information content (AvgIpc) is 2.96. The van der Waals surface area contributed by atoms with E-state index in [9.17, 15) is 4.21 Å². The van der Waals surface area contributed by atoms with Gasteiger partial charge in [-0.25, -0.2) is 0 Å². The molecule has 2 fully saturated rings. The molecule has 1 aromatic carbocycles. The third kappa shape index (κ3) is 1.93. The Morgan fingerprint density at radius 2 is 1.91 bits per heavy atom. The highest BCUT2D eigenvalue weighted by Gasteiger charge is 2.52. The molecule has 1 N–H and O–H groups in total. The first-order valence-corrected chi connectivity index (χ1v) is 10.0. The first kappa shape index (κ1) is 14.7. The second-order valence-corrected chi connectivity index (χ2v) is 10.6. The number of hydrogen-bond acceptors (Lipinski definition) is 3. The van der Waals surface area contributed by atoms with Gasteiger partial charge in [0.25, 0.3) is 0 Å². The number of thiol groups is 1. The maximum absolute atomic E-state index is 12.9. The fourth-order valence-corrected chi connectivity index (χ4v) is 6.79. The van der Waals surface area contributed by atoms with Crippen LogP contribution < -0.4 is 10.2 Å². The van der Waals surface area contributed by atoms with Gasteiger partial charge in [-0.1, -0.05) is 12.1 Å². The van der Waals surface area contributed by atoms with Gasteiger partial charge in [0.05, 0.1) is 16.5 Å². The molecule has 22 heavy (non-hydrogen) atoms. The van der Waals surface area contributed by atoms with E-state index in [1.54, 1.807) is 0 Å². The number of hydrogen-bond donors (Lipinski definition) is 2. The summed E-state index contributed by atoms with van der Waals surface area (Å²) in [5, 5.41) is 0.185. The Morgan fingerprint density at radius 1 is 1.23 bits per heavy atom. The van der Waals surface area contributed by atoms with Crippen molar-refractivity contribution < 1.29 is 13.5 Å². The summed E-state index contributed by atoms with van der Waals surface area (Å²) in [6, 6.07) is 6.20. The van der Waals surface area contributed by atoms with Gasteiger partial charge in [-0.05, 0) is 67.7 Å². The second-order valence-electron chi connectivity index (χ2n) is 7.72. The van der Waals surface area contributed by atoms with Crippen molar-refractivity contribution in [3.63, 3.8) is 0 Å². The molecule has 0 aliphatic carbocycles. The largest absolute Gasteiger partial charge is 0.494 e. The van der Waals surface area contributed by atoms with E-state index in [0.717, 1.165) is 29.7 Å². The van der Waals surface area contributed by atoms with Crippen molar-refractivity contribution in [2.24, 2.45) is 0 Å². The molecule has 4 rings (SSSR count). The Bertz CT molecular complexity index is 672. The number of benzene rings is 1. The van der Waals surface area contributed by atoms with Crippen LogP contribution in [-0.2, 0) is 19.4 Å². The predicted octanol–water partition coefficient (Wildman–Crippen LogP) is 2.18. The third-order valence-electron chi connectivity index (χ3n) is 5.74. The Labute approximate surface area is 133 Å². The lowest BCUT2D eigenvalue weighted by molar-refractivity contribution is 0.00578. The Balaban J connectivity index is 1.69. The molecule has 3 heterocycles. The third-order valence-corrected chi connectivity index (χ3v) is 8.88. The zero-order valence-electron chi connectivity index (χ0n) is 13.7. The summed E-state index contributed by atoms with van der Waals surface area (Å²) >= 11 is 0. The zero-order chi connectivity index (χ0) is 15.8. The van der Waals surface area contributed by atoms with E-state index in [0.29, 0.717) is 0 Å². The van der Waals surface area contributed by atoms with E-state index < -0.39 is 10.1 Å². The monoisotopic (exact) mass is 321 g/mol. The van der Waals surface area contributed by atoms with Gasteiger partial charge in [0, 0.05) is 11.4 Å². The molecular formula is C16H24BNO3S. The molecule has 120 valence electrons. The lowest BCUT2D eigenvalue weighted by atomic mass is 9.78. The molecule has 4 nitrogen and oxygen atoms in total. The minimum atomic E-state index is -2.25. The molecule has 0 amide bonds. The highest BCUT2D eigenvalue weighted by Crippen LogP contribution is 2.48. The molecule has 0 radical (unpaired) electrons. The Hall–Kier alpha value is -0.845. The van der Waals surface area contributed by atoms with Crippen molar-refractivity contribution in [3.8, 4) is 0 Å². The van der Waals surface area contributed by atoms with Gasteiger partial charge in [-0.3, -0.25) is 4.21 Å². The van der Waals surface area contributed by atoms with Crippen molar-refractivity contribution in [2.45, 2.75) is 57.0 Å². The van der Waals surface area contributed by atoms with Crippen LogP contribution in [0.25, 0.3) is 0 Å². The number of nitrogens with one attached hydrogen (secondary N) is 1. The smallest absolute Gasteiger partial charge is 0.399 e. The number of rotatable bonds is 1. The van der Waals surface area contributed by atoms with Crippen molar-refractivity contribution in [3.05, 3.63) is 23.8 Å². The van der Waals surface area contributed by atoms with Gasteiger partial charge >= 0.3 is 7.12 Å². The van der Waals surface area contributed by atoms with Gasteiger partial charge in [0.15, 0.2) is 0 Å². The summed E-state index contributed by atoms with van der Waals surface area (Å²) in [6.07, 6.45) is 2.07. The summed E-state index contributed by atoms with van der Waals surface area (Å²) in [4.78, 5) is 0. The fourth-order valence-electron chi connectivity index (χ4n) is 3.69. The van der Waals surface area contributed by atoms with Crippen LogP contribution in [0, 0.1) is 0 Å². The highest BCUT2D eigenvalue weighted by molar-refractivity contribution is 8.05. The Morgan fingerprint density at radius 3 is 2.59 bits per heavy atom. The van der Waals surface area contributed by atoms with Crippen LogP contribution >= 0.6 is 0 Å². The molecule has 1 unspecified atom stereocenters. The second kappa shape index (κ2) is 4.37. The first-order valence-electron chi connectivity index (χ1n) is 8.08. The van der Waals surface area contributed by atoms with Crippen molar-refractivity contribution in [1.29, 1.82) is 0 Å². The number of fused-ring (bicyclic) bond motifs is 3. The van der Waals surface area contributed by atoms with Crippen LogP contribution in [0.1, 0.15) is 51.3 Å². The van der Waals surface area contributed by atoms with Gasteiger partial charge in [-0.15, -0.1) is 0 Å². The fraction of sp³-hybridized carbons (Fsp3) is 0.625.